The van der Waals surface area contributed by atoms with Crippen molar-refractivity contribution in [2.75, 3.05) is 13.2 Å². The minimum absolute atomic E-state index is 0.0296. The van der Waals surface area contributed by atoms with Crippen LogP contribution in [-0.2, 0) is 30.5 Å². The Morgan fingerprint density at radius 1 is 1.03 bits per heavy atom. The number of aliphatic hydroxyl groups is 2. The van der Waals surface area contributed by atoms with Gasteiger partial charge in [0.05, 0.1) is 29.5 Å². The molecule has 2 N–H and O–H groups in total. The SMILES string of the molecule is Cn1ccc(CC(O)[C@]2(F)c3c(ccc(-c4ccc(Cl)cc4)c3Cc3ccc(Cl)cn3)C(=O)N2OCCO)n1. The lowest BCUT2D eigenvalue weighted by atomic mass is 9.84. The number of carbonyl (C=O) groups is 1. The summed E-state index contributed by atoms with van der Waals surface area (Å²) < 4.78 is 19.1. The fraction of sp³-hybridized carbons (Fsp3) is 0.250. The van der Waals surface area contributed by atoms with E-state index in [-0.39, 0.29) is 30.6 Å². The van der Waals surface area contributed by atoms with E-state index in [0.717, 1.165) is 5.56 Å². The lowest BCUT2D eigenvalue weighted by molar-refractivity contribution is -0.261. The molecule has 2 aromatic carbocycles. The van der Waals surface area contributed by atoms with Crippen LogP contribution in [-0.4, -0.2) is 55.3 Å². The van der Waals surface area contributed by atoms with E-state index in [1.165, 1.54) is 16.9 Å². The van der Waals surface area contributed by atoms with E-state index in [9.17, 15) is 15.0 Å². The Kier molecular flexibility index (Phi) is 7.70. The first-order valence-electron chi connectivity index (χ1n) is 12.2. The van der Waals surface area contributed by atoms with Gasteiger partial charge in [-0.25, -0.2) is 4.39 Å². The van der Waals surface area contributed by atoms with Gasteiger partial charge in [0.1, 0.15) is 6.10 Å². The van der Waals surface area contributed by atoms with Gasteiger partial charge >= 0.3 is 0 Å². The number of aromatic nitrogens is 3. The van der Waals surface area contributed by atoms with Crippen LogP contribution in [0.4, 0.5) is 4.39 Å². The predicted octanol–water partition coefficient (Wildman–Crippen LogP) is 4.49. The summed E-state index contributed by atoms with van der Waals surface area (Å²) in [5.74, 6) is -3.57. The van der Waals surface area contributed by atoms with Crippen molar-refractivity contribution >= 4 is 29.1 Å². The lowest BCUT2D eigenvalue weighted by Gasteiger charge is -2.35. The Bertz CT molecular complexity index is 1500. The highest BCUT2D eigenvalue weighted by Crippen LogP contribution is 2.48. The van der Waals surface area contributed by atoms with Crippen LogP contribution < -0.4 is 0 Å². The summed E-state index contributed by atoms with van der Waals surface area (Å²) in [5.41, 5.74) is 2.82. The summed E-state index contributed by atoms with van der Waals surface area (Å²) in [4.78, 5) is 23.3. The third kappa shape index (κ3) is 5.16. The molecule has 5 rings (SSSR count). The number of rotatable bonds is 9. The maximum absolute atomic E-state index is 17.6. The normalized spacial score (nSPS) is 17.5. The quantitative estimate of drug-likeness (QED) is 0.288. The van der Waals surface area contributed by atoms with Gasteiger partial charge in [-0.1, -0.05) is 41.4 Å². The molecule has 0 saturated heterocycles. The number of hydrogen-bond donors (Lipinski definition) is 2. The van der Waals surface area contributed by atoms with Crippen molar-refractivity contribution in [3.63, 3.8) is 0 Å². The van der Waals surface area contributed by atoms with Crippen LogP contribution in [0.5, 0.6) is 0 Å². The number of nitrogens with zero attached hydrogens (tertiary/aromatic N) is 4. The van der Waals surface area contributed by atoms with E-state index in [0.29, 0.717) is 37.6 Å². The smallest absolute Gasteiger partial charge is 0.281 e. The molecule has 1 amide bonds. The van der Waals surface area contributed by atoms with Crippen molar-refractivity contribution in [1.29, 1.82) is 0 Å². The van der Waals surface area contributed by atoms with Crippen LogP contribution in [0, 0.1) is 0 Å². The number of amides is 1. The monoisotopic (exact) mass is 570 g/mol. The summed E-state index contributed by atoms with van der Waals surface area (Å²) >= 11 is 12.2. The Morgan fingerprint density at radius 2 is 1.74 bits per heavy atom. The van der Waals surface area contributed by atoms with Crippen molar-refractivity contribution in [2.24, 2.45) is 7.05 Å². The molecule has 0 radical (unpaired) electrons. The Labute approximate surface area is 234 Å². The van der Waals surface area contributed by atoms with Crippen molar-refractivity contribution < 1.29 is 24.2 Å². The van der Waals surface area contributed by atoms with Crippen LogP contribution in [0.2, 0.25) is 10.0 Å². The highest BCUT2D eigenvalue weighted by molar-refractivity contribution is 6.30. The molecule has 0 bridgehead atoms. The second-order valence-electron chi connectivity index (χ2n) is 9.20. The zero-order valence-corrected chi connectivity index (χ0v) is 22.4. The Balaban J connectivity index is 1.72. The average molecular weight is 571 g/mol. The van der Waals surface area contributed by atoms with Crippen LogP contribution >= 0.6 is 23.2 Å². The lowest BCUT2D eigenvalue weighted by Crippen LogP contribution is -2.50. The van der Waals surface area contributed by atoms with Gasteiger partial charge in [0, 0.05) is 48.6 Å². The first kappa shape index (κ1) is 27.2. The molecule has 2 atom stereocenters. The second kappa shape index (κ2) is 11.0. The summed E-state index contributed by atoms with van der Waals surface area (Å²) in [6, 6.07) is 15.3. The Hall–Kier alpha value is -3.34. The molecule has 1 aliphatic rings. The van der Waals surface area contributed by atoms with Crippen LogP contribution in [0.25, 0.3) is 11.1 Å². The standard InChI is InChI=1S/C28H25Cl2FN4O4/c1-34-11-10-21(33-34)15-25(37)28(31)26-23(27(38)35(28)39-13-12-36)9-8-22(17-2-4-18(29)5-3-17)24(26)14-20-7-6-19(30)16-32-20/h2-11,16,25,36-37H,12-15H2,1H3/t25?,28-/m1/s1. The second-order valence-corrected chi connectivity index (χ2v) is 10.1. The van der Waals surface area contributed by atoms with E-state index >= 15 is 4.39 Å². The van der Waals surface area contributed by atoms with Crippen LogP contribution in [0.1, 0.15) is 32.9 Å². The fourth-order valence-corrected chi connectivity index (χ4v) is 5.09. The number of pyridine rings is 1. The molecule has 4 aromatic rings. The van der Waals surface area contributed by atoms with Crippen molar-refractivity contribution in [3.8, 4) is 11.1 Å². The molecule has 3 heterocycles. The molecule has 1 aliphatic heterocycles. The number of aryl methyl sites for hydroxylation is 1. The van der Waals surface area contributed by atoms with E-state index in [1.54, 1.807) is 61.8 Å². The number of aliphatic hydroxyl groups excluding tert-OH is 2. The summed E-state index contributed by atoms with van der Waals surface area (Å²) in [7, 11) is 1.71. The molecule has 11 heteroatoms. The molecule has 2 aromatic heterocycles. The number of alkyl halides is 1. The molecular weight excluding hydrogens is 546 g/mol. The van der Waals surface area contributed by atoms with Crippen molar-refractivity contribution in [2.45, 2.75) is 24.7 Å². The summed E-state index contributed by atoms with van der Waals surface area (Å²) in [6.07, 6.45) is 1.34. The number of hydroxylamine groups is 2. The number of fused-ring (bicyclic) bond motifs is 1. The molecule has 1 unspecified atom stereocenters. The minimum atomic E-state index is -2.80. The first-order chi connectivity index (χ1) is 18.7. The van der Waals surface area contributed by atoms with E-state index in [4.69, 9.17) is 28.0 Å². The van der Waals surface area contributed by atoms with E-state index < -0.39 is 24.4 Å². The van der Waals surface area contributed by atoms with Crippen LogP contribution in [0.15, 0.2) is 67.0 Å². The van der Waals surface area contributed by atoms with Crippen molar-refractivity contribution in [3.05, 3.63) is 105 Å². The van der Waals surface area contributed by atoms with Gasteiger partial charge in [0.15, 0.2) is 0 Å². The number of carbonyl (C=O) groups excluding carboxylic acids is 1. The predicted molar refractivity (Wildman–Crippen MR) is 144 cm³/mol. The highest BCUT2D eigenvalue weighted by Gasteiger charge is 2.58. The molecule has 39 heavy (non-hydrogen) atoms. The molecule has 8 nitrogen and oxygen atoms in total. The fourth-order valence-electron chi connectivity index (χ4n) is 4.85. The maximum atomic E-state index is 17.6. The molecular formula is C28H25Cl2FN4O4. The average Bonchev–Trinajstić information content (AvgIpc) is 3.43. The minimum Gasteiger partial charge on any atom is -0.394 e. The molecule has 0 aliphatic carbocycles. The largest absolute Gasteiger partial charge is 0.394 e. The molecule has 202 valence electrons. The first-order valence-corrected chi connectivity index (χ1v) is 12.9. The number of hydrogen-bond acceptors (Lipinski definition) is 6. The third-order valence-electron chi connectivity index (χ3n) is 6.60. The summed E-state index contributed by atoms with van der Waals surface area (Å²) in [5, 5.41) is 26.6. The maximum Gasteiger partial charge on any atom is 0.281 e. The number of benzene rings is 2. The van der Waals surface area contributed by atoms with E-state index in [2.05, 4.69) is 10.1 Å². The van der Waals surface area contributed by atoms with Crippen LogP contribution in [0.3, 0.4) is 0 Å². The molecule has 0 spiro atoms. The van der Waals surface area contributed by atoms with Gasteiger partial charge in [-0.2, -0.15) is 10.2 Å². The topological polar surface area (TPSA) is 101 Å². The molecule has 0 fully saturated rings. The molecule has 0 saturated carbocycles. The van der Waals surface area contributed by atoms with Gasteiger partial charge in [0.2, 0.25) is 0 Å². The van der Waals surface area contributed by atoms with Gasteiger partial charge < -0.3 is 10.2 Å². The van der Waals surface area contributed by atoms with Crippen molar-refractivity contribution in [1.82, 2.24) is 19.8 Å². The van der Waals surface area contributed by atoms with Gasteiger partial charge in [-0.15, -0.1) is 0 Å². The van der Waals surface area contributed by atoms with Gasteiger partial charge in [-0.3, -0.25) is 19.3 Å². The highest BCUT2D eigenvalue weighted by atomic mass is 35.5. The summed E-state index contributed by atoms with van der Waals surface area (Å²) in [6.45, 7) is -0.802. The Morgan fingerprint density at radius 3 is 2.38 bits per heavy atom. The zero-order valence-electron chi connectivity index (χ0n) is 20.9. The van der Waals surface area contributed by atoms with Gasteiger partial charge in [0.25, 0.3) is 11.7 Å². The van der Waals surface area contributed by atoms with E-state index in [1.807, 2.05) is 0 Å². The zero-order chi connectivity index (χ0) is 27.7. The third-order valence-corrected chi connectivity index (χ3v) is 7.08. The number of halogens is 3. The van der Waals surface area contributed by atoms with Gasteiger partial charge in [-0.05, 0) is 53.1 Å².